The average molecular weight is 413 g/mol. The Kier molecular flexibility index (Phi) is 18.5. The summed E-state index contributed by atoms with van der Waals surface area (Å²) in [6, 6.07) is 0. The van der Waals surface area contributed by atoms with Crippen LogP contribution < -0.4 is 0 Å². The van der Waals surface area contributed by atoms with Crippen LogP contribution in [-0.4, -0.2) is 47.8 Å². The Morgan fingerprint density at radius 2 is 1.07 bits per heavy atom. The van der Waals surface area contributed by atoms with Crippen molar-refractivity contribution in [2.24, 2.45) is 23.7 Å². The van der Waals surface area contributed by atoms with E-state index < -0.39 is 0 Å². The summed E-state index contributed by atoms with van der Waals surface area (Å²) in [4.78, 5) is 27.3. The molecule has 0 radical (unpaired) electrons. The Morgan fingerprint density at radius 1 is 0.655 bits per heavy atom. The molecule has 2 rings (SSSR count). The Bertz CT molecular complexity index is 413. The number of hydrogen-bond acceptors (Lipinski definition) is 2. The lowest BCUT2D eigenvalue weighted by Crippen LogP contribution is -2.43. The van der Waals surface area contributed by atoms with Crippen LogP contribution in [0.25, 0.3) is 0 Å². The van der Waals surface area contributed by atoms with E-state index in [1.807, 2.05) is 60.3 Å². The lowest BCUT2D eigenvalue weighted by atomic mass is 9.87. The van der Waals surface area contributed by atoms with Crippen molar-refractivity contribution in [2.75, 3.05) is 26.2 Å². The molecule has 174 valence electrons. The minimum absolute atomic E-state index is 0.154. The Hall–Kier alpha value is -1.06. The van der Waals surface area contributed by atoms with Crippen LogP contribution in [-0.2, 0) is 9.59 Å². The predicted octanol–water partition coefficient (Wildman–Crippen LogP) is 6.24. The average Bonchev–Trinajstić information content (AvgIpc) is 2.76. The molecule has 2 fully saturated rings. The maximum atomic E-state index is 11.8. The molecule has 2 aliphatic rings. The molecule has 2 amide bonds. The lowest BCUT2D eigenvalue weighted by molar-refractivity contribution is -0.136. The van der Waals surface area contributed by atoms with Gasteiger partial charge in [0.25, 0.3) is 0 Å². The molecule has 2 aliphatic heterocycles. The highest BCUT2D eigenvalue weighted by molar-refractivity contribution is 5.78. The zero-order valence-corrected chi connectivity index (χ0v) is 21.4. The van der Waals surface area contributed by atoms with Gasteiger partial charge in [0.2, 0.25) is 11.8 Å². The van der Waals surface area contributed by atoms with Gasteiger partial charge in [-0.1, -0.05) is 69.2 Å². The molecular weight excluding hydrogens is 360 g/mol. The monoisotopic (exact) mass is 412 g/mol. The normalized spacial score (nSPS) is 18.9. The van der Waals surface area contributed by atoms with Gasteiger partial charge in [-0.15, -0.1) is 0 Å². The van der Waals surface area contributed by atoms with Crippen LogP contribution in [0.15, 0.2) is 0 Å². The van der Waals surface area contributed by atoms with Gasteiger partial charge in [-0.3, -0.25) is 9.59 Å². The third-order valence-corrected chi connectivity index (χ3v) is 5.37. The first-order valence-electron chi connectivity index (χ1n) is 12.3. The zero-order chi connectivity index (χ0) is 23.0. The van der Waals surface area contributed by atoms with Gasteiger partial charge in [-0.2, -0.15) is 0 Å². The van der Waals surface area contributed by atoms with Crippen molar-refractivity contribution in [1.82, 2.24) is 9.80 Å². The Balaban J connectivity index is 0. The summed E-state index contributed by atoms with van der Waals surface area (Å²) >= 11 is 0. The molecule has 0 aliphatic carbocycles. The number of piperidine rings is 2. The van der Waals surface area contributed by atoms with E-state index in [-0.39, 0.29) is 11.8 Å². The summed E-state index contributed by atoms with van der Waals surface area (Å²) < 4.78 is 0. The number of amides is 2. The Labute approximate surface area is 182 Å². The summed E-state index contributed by atoms with van der Waals surface area (Å²) in [6.45, 7) is 24.3. The van der Waals surface area contributed by atoms with E-state index in [9.17, 15) is 9.59 Å². The van der Waals surface area contributed by atoms with Crippen LogP contribution >= 0.6 is 0 Å². The molecule has 4 nitrogen and oxygen atoms in total. The lowest BCUT2D eigenvalue weighted by Gasteiger charge is -2.35. The fraction of sp³-hybridized carbons (Fsp3) is 0.920. The third kappa shape index (κ3) is 12.3. The van der Waals surface area contributed by atoms with Gasteiger partial charge in [0.15, 0.2) is 0 Å². The fourth-order valence-electron chi connectivity index (χ4n) is 3.60. The van der Waals surface area contributed by atoms with E-state index in [0.717, 1.165) is 26.2 Å². The topological polar surface area (TPSA) is 40.6 Å². The van der Waals surface area contributed by atoms with Crippen molar-refractivity contribution in [1.29, 1.82) is 0 Å². The summed E-state index contributed by atoms with van der Waals surface area (Å²) in [6.07, 6.45) is 6.15. The number of hydrogen-bond donors (Lipinski definition) is 0. The van der Waals surface area contributed by atoms with Gasteiger partial charge in [-0.05, 0) is 43.9 Å². The fourth-order valence-corrected chi connectivity index (χ4v) is 3.60. The first kappa shape index (κ1) is 30.1. The first-order valence-corrected chi connectivity index (χ1v) is 12.3. The Morgan fingerprint density at radius 3 is 1.48 bits per heavy atom. The number of rotatable bonds is 3. The quantitative estimate of drug-likeness (QED) is 0.550. The van der Waals surface area contributed by atoms with Crippen molar-refractivity contribution in [2.45, 2.75) is 101 Å². The molecule has 0 spiro atoms. The maximum Gasteiger partial charge on any atom is 0.225 e. The highest BCUT2D eigenvalue weighted by Gasteiger charge is 2.26. The van der Waals surface area contributed by atoms with Crippen LogP contribution in [0.3, 0.4) is 0 Å². The molecule has 0 saturated carbocycles. The number of likely N-dealkylation sites (tertiary alicyclic amines) is 2. The molecule has 0 aromatic carbocycles. The number of carbonyl (C=O) groups excluding carboxylic acids is 2. The highest BCUT2D eigenvalue weighted by Crippen LogP contribution is 2.24. The van der Waals surface area contributed by atoms with Gasteiger partial charge >= 0.3 is 0 Å². The second-order valence-electron chi connectivity index (χ2n) is 8.63. The smallest absolute Gasteiger partial charge is 0.225 e. The van der Waals surface area contributed by atoms with Crippen molar-refractivity contribution < 1.29 is 9.59 Å². The van der Waals surface area contributed by atoms with E-state index >= 15 is 0 Å². The molecule has 0 bridgehead atoms. The summed E-state index contributed by atoms with van der Waals surface area (Å²) in [7, 11) is 0. The molecule has 0 N–H and O–H groups in total. The van der Waals surface area contributed by atoms with Crippen LogP contribution in [0.2, 0.25) is 0 Å². The van der Waals surface area contributed by atoms with Crippen LogP contribution in [0.4, 0.5) is 0 Å². The van der Waals surface area contributed by atoms with Crippen LogP contribution in [0.1, 0.15) is 101 Å². The largest absolute Gasteiger partial charge is 0.342 e. The minimum Gasteiger partial charge on any atom is -0.342 e. The maximum absolute atomic E-state index is 11.8. The molecule has 2 saturated heterocycles. The van der Waals surface area contributed by atoms with Crippen molar-refractivity contribution in [3.8, 4) is 0 Å². The van der Waals surface area contributed by atoms with Crippen molar-refractivity contribution in [3.05, 3.63) is 0 Å². The van der Waals surface area contributed by atoms with Gasteiger partial charge < -0.3 is 9.80 Å². The molecule has 1 unspecified atom stereocenters. The second-order valence-corrected chi connectivity index (χ2v) is 8.63. The standard InChI is InChI=1S/C12H23NO.C9H17NO.2C2H6/c1-9(2)11-6-5-7-13(8-11)12(14)10(3)4;1-8(2)9(11)10-6-4-3-5-7-10;2*1-2/h9-11H,5-8H2,1-4H3;8H,3-7H2,1-2H3;2*1-2H3. The van der Waals surface area contributed by atoms with E-state index in [4.69, 9.17) is 0 Å². The molecule has 0 aromatic rings. The molecule has 2 heterocycles. The van der Waals surface area contributed by atoms with Gasteiger partial charge in [0.1, 0.15) is 0 Å². The number of nitrogens with zero attached hydrogens (tertiary/aromatic N) is 2. The molecular formula is C25H52N2O2. The molecule has 29 heavy (non-hydrogen) atoms. The first-order chi connectivity index (χ1) is 13.7. The van der Waals surface area contributed by atoms with Crippen molar-refractivity contribution in [3.63, 3.8) is 0 Å². The van der Waals surface area contributed by atoms with Gasteiger partial charge in [0, 0.05) is 38.0 Å². The third-order valence-electron chi connectivity index (χ3n) is 5.37. The van der Waals surface area contributed by atoms with E-state index in [1.165, 1.54) is 32.1 Å². The predicted molar refractivity (Wildman–Crippen MR) is 127 cm³/mol. The highest BCUT2D eigenvalue weighted by atomic mass is 16.2. The summed E-state index contributed by atoms with van der Waals surface area (Å²) in [5, 5.41) is 0. The van der Waals surface area contributed by atoms with Gasteiger partial charge in [0.05, 0.1) is 0 Å². The molecule has 0 aromatic heterocycles. The van der Waals surface area contributed by atoms with E-state index in [2.05, 4.69) is 18.7 Å². The molecule has 4 heteroatoms. The number of carbonyl (C=O) groups is 2. The summed E-state index contributed by atoms with van der Waals surface area (Å²) in [5.74, 6) is 2.40. The van der Waals surface area contributed by atoms with Gasteiger partial charge in [-0.25, -0.2) is 0 Å². The van der Waals surface area contributed by atoms with E-state index in [1.54, 1.807) is 0 Å². The second kappa shape index (κ2) is 17.8. The zero-order valence-electron chi connectivity index (χ0n) is 21.4. The SMILES string of the molecule is CC.CC.CC(C)C(=O)N1CCCC(C(C)C)C1.CC(C)C(=O)N1CCCCC1. The van der Waals surface area contributed by atoms with Crippen LogP contribution in [0.5, 0.6) is 0 Å². The molecule has 1 atom stereocenters. The van der Waals surface area contributed by atoms with E-state index in [0.29, 0.717) is 23.7 Å². The summed E-state index contributed by atoms with van der Waals surface area (Å²) in [5.41, 5.74) is 0. The minimum atomic E-state index is 0.154. The van der Waals surface area contributed by atoms with Crippen LogP contribution in [0, 0.1) is 23.7 Å². The van der Waals surface area contributed by atoms with Crippen molar-refractivity contribution >= 4 is 11.8 Å².